The van der Waals surface area contributed by atoms with Crippen LogP contribution in [0.5, 0.6) is 0 Å². The molecule has 2 heterocycles. The Bertz CT molecular complexity index is 630. The van der Waals surface area contributed by atoms with Crippen LogP contribution in [0.1, 0.15) is 5.89 Å². The van der Waals surface area contributed by atoms with Gasteiger partial charge in [0.25, 0.3) is 0 Å². The average Bonchev–Trinajstić information content (AvgIpc) is 3.02. The smallest absolute Gasteiger partial charge is 0.247 e. The second kappa shape index (κ2) is 4.89. The number of hydrogen-bond donors (Lipinski definition) is 0. The molecule has 1 aromatic carbocycles. The van der Waals surface area contributed by atoms with Crippen LogP contribution in [0.15, 0.2) is 47.4 Å². The van der Waals surface area contributed by atoms with E-state index in [0.29, 0.717) is 18.3 Å². The molecule has 0 fully saturated rings. The minimum Gasteiger partial charge on any atom is -0.419 e. The molecule has 0 unspecified atom stereocenters. The van der Waals surface area contributed by atoms with Gasteiger partial charge in [-0.1, -0.05) is 0 Å². The van der Waals surface area contributed by atoms with Gasteiger partial charge < -0.3 is 8.98 Å². The molecule has 0 bridgehead atoms. The third-order valence-corrected chi connectivity index (χ3v) is 3.15. The van der Waals surface area contributed by atoms with Crippen molar-refractivity contribution >= 4 is 22.6 Å². The predicted octanol–water partition coefficient (Wildman–Crippen LogP) is 2.59. The first kappa shape index (κ1) is 11.4. The van der Waals surface area contributed by atoms with Crippen LogP contribution < -0.4 is 0 Å². The Kier molecular flexibility index (Phi) is 3.09. The van der Waals surface area contributed by atoms with Gasteiger partial charge in [0.05, 0.1) is 6.33 Å². The molecular weight excluding hydrogens is 343 g/mol. The van der Waals surface area contributed by atoms with Gasteiger partial charge in [-0.3, -0.25) is 0 Å². The molecule has 0 N–H and O–H groups in total. The number of hydrogen-bond acceptors (Lipinski definition) is 4. The molecular formula is C12H9IN4O. The third kappa shape index (κ3) is 2.42. The van der Waals surface area contributed by atoms with E-state index in [9.17, 15) is 0 Å². The molecule has 0 aliphatic rings. The molecule has 6 heteroatoms. The molecule has 0 atom stereocenters. The number of aromatic nitrogens is 4. The van der Waals surface area contributed by atoms with Gasteiger partial charge in [-0.15, -0.1) is 10.2 Å². The summed E-state index contributed by atoms with van der Waals surface area (Å²) in [7, 11) is 0. The maximum atomic E-state index is 5.61. The highest BCUT2D eigenvalue weighted by atomic mass is 127. The summed E-state index contributed by atoms with van der Waals surface area (Å²) in [5, 5.41) is 8.07. The van der Waals surface area contributed by atoms with Gasteiger partial charge in [0, 0.05) is 21.5 Å². The first-order chi connectivity index (χ1) is 8.81. The predicted molar refractivity (Wildman–Crippen MR) is 73.8 cm³/mol. The molecule has 3 aromatic rings. The van der Waals surface area contributed by atoms with E-state index in [1.807, 2.05) is 35.0 Å². The molecule has 0 spiro atoms. The van der Waals surface area contributed by atoms with Crippen LogP contribution in [0, 0.1) is 3.57 Å². The van der Waals surface area contributed by atoms with Crippen molar-refractivity contribution in [2.75, 3.05) is 0 Å². The fourth-order valence-electron chi connectivity index (χ4n) is 1.56. The van der Waals surface area contributed by atoms with E-state index >= 15 is 0 Å². The Morgan fingerprint density at radius 3 is 2.72 bits per heavy atom. The zero-order valence-electron chi connectivity index (χ0n) is 9.32. The number of halogens is 1. The summed E-state index contributed by atoms with van der Waals surface area (Å²) in [6, 6.07) is 7.96. The van der Waals surface area contributed by atoms with Crippen molar-refractivity contribution in [1.82, 2.24) is 19.7 Å². The highest BCUT2D eigenvalue weighted by Gasteiger charge is 2.08. The molecule has 5 nitrogen and oxygen atoms in total. The lowest BCUT2D eigenvalue weighted by molar-refractivity contribution is 0.488. The molecule has 0 saturated heterocycles. The zero-order valence-corrected chi connectivity index (χ0v) is 11.5. The largest absolute Gasteiger partial charge is 0.419 e. The minimum atomic E-state index is 0.539. The Morgan fingerprint density at radius 1 is 1.17 bits per heavy atom. The zero-order chi connectivity index (χ0) is 12.4. The summed E-state index contributed by atoms with van der Waals surface area (Å²) in [5.41, 5.74) is 0.930. The van der Waals surface area contributed by atoms with E-state index in [4.69, 9.17) is 4.42 Å². The lowest BCUT2D eigenvalue weighted by Crippen LogP contribution is -1.96. The average molecular weight is 352 g/mol. The molecule has 0 aliphatic carbocycles. The maximum absolute atomic E-state index is 5.61. The van der Waals surface area contributed by atoms with E-state index in [-0.39, 0.29) is 0 Å². The number of benzene rings is 1. The first-order valence-corrected chi connectivity index (χ1v) is 6.43. The minimum absolute atomic E-state index is 0.539. The summed E-state index contributed by atoms with van der Waals surface area (Å²) in [6.45, 7) is 0.539. The summed E-state index contributed by atoms with van der Waals surface area (Å²) in [6.07, 6.45) is 5.29. The topological polar surface area (TPSA) is 56.7 Å². The van der Waals surface area contributed by atoms with Crippen molar-refractivity contribution in [1.29, 1.82) is 0 Å². The van der Waals surface area contributed by atoms with Gasteiger partial charge >= 0.3 is 0 Å². The first-order valence-electron chi connectivity index (χ1n) is 5.35. The quantitative estimate of drug-likeness (QED) is 0.680. The van der Waals surface area contributed by atoms with Crippen LogP contribution in [0.2, 0.25) is 0 Å². The van der Waals surface area contributed by atoms with Gasteiger partial charge in [0.1, 0.15) is 6.54 Å². The van der Waals surface area contributed by atoms with Crippen molar-refractivity contribution < 1.29 is 4.42 Å². The van der Waals surface area contributed by atoms with E-state index in [1.54, 1.807) is 12.5 Å². The van der Waals surface area contributed by atoms with Crippen molar-refractivity contribution in [3.8, 4) is 11.5 Å². The summed E-state index contributed by atoms with van der Waals surface area (Å²) in [5.74, 6) is 1.11. The van der Waals surface area contributed by atoms with Crippen molar-refractivity contribution in [2.24, 2.45) is 0 Å². The van der Waals surface area contributed by atoms with Crippen LogP contribution in [0.25, 0.3) is 11.5 Å². The maximum Gasteiger partial charge on any atom is 0.247 e. The monoisotopic (exact) mass is 352 g/mol. The van der Waals surface area contributed by atoms with Gasteiger partial charge in [0.15, 0.2) is 0 Å². The lowest BCUT2D eigenvalue weighted by Gasteiger charge is -1.96. The van der Waals surface area contributed by atoms with Crippen molar-refractivity contribution in [2.45, 2.75) is 6.54 Å². The van der Waals surface area contributed by atoms with Crippen LogP contribution in [-0.2, 0) is 6.54 Å². The number of nitrogens with zero attached hydrogens (tertiary/aromatic N) is 4. The van der Waals surface area contributed by atoms with Crippen LogP contribution in [-0.4, -0.2) is 19.7 Å². The Hall–Kier alpha value is -1.70. The molecule has 2 aromatic heterocycles. The molecule has 18 heavy (non-hydrogen) atoms. The van der Waals surface area contributed by atoms with Gasteiger partial charge in [-0.25, -0.2) is 4.98 Å². The Balaban J connectivity index is 1.83. The molecule has 0 amide bonds. The molecule has 3 rings (SSSR count). The molecule has 0 aliphatic heterocycles. The standard InChI is InChI=1S/C12H9IN4O/c13-10-3-1-9(2-4-10)12-16-15-11(18-12)7-17-6-5-14-8-17/h1-6,8H,7H2. The van der Waals surface area contributed by atoms with Crippen LogP contribution >= 0.6 is 22.6 Å². The van der Waals surface area contributed by atoms with E-state index in [2.05, 4.69) is 37.8 Å². The normalized spacial score (nSPS) is 10.7. The van der Waals surface area contributed by atoms with Gasteiger partial charge in [0.2, 0.25) is 11.8 Å². The van der Waals surface area contributed by atoms with Crippen molar-refractivity contribution in [3.63, 3.8) is 0 Å². The van der Waals surface area contributed by atoms with Gasteiger partial charge in [-0.2, -0.15) is 0 Å². The van der Waals surface area contributed by atoms with Crippen LogP contribution in [0.3, 0.4) is 0 Å². The second-order valence-corrected chi connectivity index (χ2v) is 4.99. The van der Waals surface area contributed by atoms with E-state index < -0.39 is 0 Å². The molecule has 0 saturated carbocycles. The lowest BCUT2D eigenvalue weighted by atomic mass is 10.2. The second-order valence-electron chi connectivity index (χ2n) is 3.74. The SMILES string of the molecule is Ic1ccc(-c2nnc(Cn3ccnc3)o2)cc1. The number of rotatable bonds is 3. The fraction of sp³-hybridized carbons (Fsp3) is 0.0833. The third-order valence-electron chi connectivity index (χ3n) is 2.44. The Morgan fingerprint density at radius 2 is 2.00 bits per heavy atom. The summed E-state index contributed by atoms with van der Waals surface area (Å²) < 4.78 is 8.67. The van der Waals surface area contributed by atoms with Gasteiger partial charge in [-0.05, 0) is 46.9 Å². The van der Waals surface area contributed by atoms with Crippen LogP contribution in [0.4, 0.5) is 0 Å². The van der Waals surface area contributed by atoms with Crippen molar-refractivity contribution in [3.05, 3.63) is 52.4 Å². The Labute approximate surface area is 117 Å². The summed E-state index contributed by atoms with van der Waals surface area (Å²) >= 11 is 2.26. The fourth-order valence-corrected chi connectivity index (χ4v) is 1.92. The molecule has 0 radical (unpaired) electrons. The van der Waals surface area contributed by atoms with E-state index in [1.165, 1.54) is 3.57 Å². The highest BCUT2D eigenvalue weighted by Crippen LogP contribution is 2.19. The molecule has 90 valence electrons. The summed E-state index contributed by atoms with van der Waals surface area (Å²) in [4.78, 5) is 3.97. The van der Waals surface area contributed by atoms with E-state index in [0.717, 1.165) is 5.56 Å². The number of imidazole rings is 1. The highest BCUT2D eigenvalue weighted by molar-refractivity contribution is 14.1.